The molecule has 0 aliphatic heterocycles. The van der Waals surface area contributed by atoms with Gasteiger partial charge < -0.3 is 5.32 Å². The maximum atomic E-state index is 11.1. The standard InChI is InChI=1S/C11H15N3OS/c1-8-4-5-13-11(10(8)6-12)14-9(2)7-16(3)15/h4-5,9H,7H2,1-3H3,(H,13,14). The third-order valence-electron chi connectivity index (χ3n) is 2.14. The van der Waals surface area contributed by atoms with E-state index in [1.165, 1.54) is 0 Å². The van der Waals surface area contributed by atoms with Gasteiger partial charge in [-0.3, -0.25) is 4.21 Å². The van der Waals surface area contributed by atoms with E-state index in [0.717, 1.165) is 5.56 Å². The fourth-order valence-electron chi connectivity index (χ4n) is 1.44. The van der Waals surface area contributed by atoms with Gasteiger partial charge in [-0.1, -0.05) is 0 Å². The van der Waals surface area contributed by atoms with Crippen LogP contribution < -0.4 is 5.32 Å². The van der Waals surface area contributed by atoms with Crippen LogP contribution in [0.25, 0.3) is 0 Å². The third-order valence-corrected chi connectivity index (χ3v) is 3.11. The molecule has 0 aromatic carbocycles. The Hall–Kier alpha value is -1.41. The number of aromatic nitrogens is 1. The number of hydrogen-bond acceptors (Lipinski definition) is 4. The van der Waals surface area contributed by atoms with E-state index >= 15 is 0 Å². The van der Waals surface area contributed by atoms with Gasteiger partial charge in [-0.05, 0) is 25.5 Å². The van der Waals surface area contributed by atoms with Gasteiger partial charge in [0.15, 0.2) is 0 Å². The minimum Gasteiger partial charge on any atom is -0.366 e. The fourth-order valence-corrected chi connectivity index (χ4v) is 2.22. The van der Waals surface area contributed by atoms with E-state index in [1.807, 2.05) is 13.8 Å². The van der Waals surface area contributed by atoms with Crippen LogP contribution in [0.1, 0.15) is 18.1 Å². The minimum absolute atomic E-state index is 0.0345. The Morgan fingerprint density at radius 2 is 2.38 bits per heavy atom. The second kappa shape index (κ2) is 5.61. The molecule has 0 spiro atoms. The number of nitrogens with one attached hydrogen (secondary N) is 1. The molecular weight excluding hydrogens is 222 g/mol. The van der Waals surface area contributed by atoms with Crippen molar-refractivity contribution >= 4 is 16.6 Å². The zero-order chi connectivity index (χ0) is 12.1. The molecule has 0 fully saturated rings. The number of anilines is 1. The van der Waals surface area contributed by atoms with E-state index < -0.39 is 10.8 Å². The van der Waals surface area contributed by atoms with Crippen LogP contribution in [-0.4, -0.2) is 27.2 Å². The summed E-state index contributed by atoms with van der Waals surface area (Å²) >= 11 is 0. The third kappa shape index (κ3) is 3.31. The van der Waals surface area contributed by atoms with Crippen molar-refractivity contribution in [3.63, 3.8) is 0 Å². The fraction of sp³-hybridized carbons (Fsp3) is 0.455. The summed E-state index contributed by atoms with van der Waals surface area (Å²) in [7, 11) is -0.856. The van der Waals surface area contributed by atoms with Crippen LogP contribution in [0, 0.1) is 18.3 Å². The molecule has 1 heterocycles. The molecular formula is C11H15N3OS. The molecule has 1 aromatic rings. The number of rotatable bonds is 4. The summed E-state index contributed by atoms with van der Waals surface area (Å²) in [5, 5.41) is 12.1. The van der Waals surface area contributed by atoms with Crippen LogP contribution in [0.4, 0.5) is 5.82 Å². The van der Waals surface area contributed by atoms with Crippen LogP contribution in [0.3, 0.4) is 0 Å². The predicted molar refractivity (Wildman–Crippen MR) is 65.7 cm³/mol. The normalized spacial score (nSPS) is 13.9. The molecule has 5 heteroatoms. The van der Waals surface area contributed by atoms with Crippen LogP contribution in [0.2, 0.25) is 0 Å². The van der Waals surface area contributed by atoms with Crippen molar-refractivity contribution < 1.29 is 4.21 Å². The van der Waals surface area contributed by atoms with Crippen LogP contribution in [0.15, 0.2) is 12.3 Å². The molecule has 0 saturated heterocycles. The summed E-state index contributed by atoms with van der Waals surface area (Å²) < 4.78 is 11.1. The van der Waals surface area contributed by atoms with Gasteiger partial charge in [-0.15, -0.1) is 0 Å². The van der Waals surface area contributed by atoms with Crippen molar-refractivity contribution in [3.05, 3.63) is 23.4 Å². The van der Waals surface area contributed by atoms with E-state index in [-0.39, 0.29) is 6.04 Å². The number of hydrogen-bond donors (Lipinski definition) is 1. The van der Waals surface area contributed by atoms with Gasteiger partial charge >= 0.3 is 0 Å². The lowest BCUT2D eigenvalue weighted by atomic mass is 10.1. The lowest BCUT2D eigenvalue weighted by Crippen LogP contribution is -2.23. The van der Waals surface area contributed by atoms with Crippen LogP contribution in [0.5, 0.6) is 0 Å². The van der Waals surface area contributed by atoms with Gasteiger partial charge in [0.2, 0.25) is 0 Å². The minimum atomic E-state index is -0.856. The molecule has 1 N–H and O–H groups in total. The maximum absolute atomic E-state index is 11.1. The van der Waals surface area contributed by atoms with E-state index in [4.69, 9.17) is 5.26 Å². The average molecular weight is 237 g/mol. The average Bonchev–Trinajstić information content (AvgIpc) is 2.16. The monoisotopic (exact) mass is 237 g/mol. The number of nitriles is 1. The SMILES string of the molecule is Cc1ccnc(NC(C)CS(C)=O)c1C#N. The van der Waals surface area contributed by atoms with Gasteiger partial charge in [0, 0.05) is 35.0 Å². The molecule has 0 radical (unpaired) electrons. The first-order chi connectivity index (χ1) is 7.54. The highest BCUT2D eigenvalue weighted by Crippen LogP contribution is 2.15. The molecule has 4 nitrogen and oxygen atoms in total. The lowest BCUT2D eigenvalue weighted by Gasteiger charge is -2.14. The molecule has 0 aliphatic carbocycles. The summed E-state index contributed by atoms with van der Waals surface area (Å²) in [4.78, 5) is 4.13. The Bertz CT molecular complexity index is 439. The highest BCUT2D eigenvalue weighted by molar-refractivity contribution is 7.84. The Kier molecular flexibility index (Phi) is 4.44. The zero-order valence-corrected chi connectivity index (χ0v) is 10.5. The molecule has 1 aromatic heterocycles. The first kappa shape index (κ1) is 12.7. The lowest BCUT2D eigenvalue weighted by molar-refractivity contribution is 0.683. The van der Waals surface area contributed by atoms with Gasteiger partial charge in [0.05, 0.1) is 5.56 Å². The number of aryl methyl sites for hydroxylation is 1. The molecule has 0 saturated carbocycles. The van der Waals surface area contributed by atoms with E-state index in [1.54, 1.807) is 18.5 Å². The Labute approximate surface area is 98.2 Å². The number of pyridine rings is 1. The van der Waals surface area contributed by atoms with Crippen LogP contribution >= 0.6 is 0 Å². The quantitative estimate of drug-likeness (QED) is 0.860. The predicted octanol–water partition coefficient (Wildman–Crippen LogP) is 1.44. The van der Waals surface area contributed by atoms with Gasteiger partial charge in [-0.2, -0.15) is 5.26 Å². The first-order valence-electron chi connectivity index (χ1n) is 4.97. The summed E-state index contributed by atoms with van der Waals surface area (Å²) in [5.41, 5.74) is 1.45. The van der Waals surface area contributed by atoms with Gasteiger partial charge in [-0.25, -0.2) is 4.98 Å². The van der Waals surface area contributed by atoms with Crippen molar-refractivity contribution in [1.29, 1.82) is 5.26 Å². The second-order valence-corrected chi connectivity index (χ2v) is 5.23. The second-order valence-electron chi connectivity index (χ2n) is 3.75. The van der Waals surface area contributed by atoms with E-state index in [2.05, 4.69) is 16.4 Å². The van der Waals surface area contributed by atoms with Crippen molar-refractivity contribution in [2.45, 2.75) is 19.9 Å². The largest absolute Gasteiger partial charge is 0.366 e. The summed E-state index contributed by atoms with van der Waals surface area (Å²) in [5.74, 6) is 1.11. The Balaban J connectivity index is 2.85. The zero-order valence-electron chi connectivity index (χ0n) is 9.65. The molecule has 86 valence electrons. The summed E-state index contributed by atoms with van der Waals surface area (Å²) in [6, 6.07) is 3.95. The van der Waals surface area contributed by atoms with Crippen molar-refractivity contribution in [2.75, 3.05) is 17.3 Å². The smallest absolute Gasteiger partial charge is 0.144 e. The topological polar surface area (TPSA) is 65.8 Å². The van der Waals surface area contributed by atoms with Crippen molar-refractivity contribution in [1.82, 2.24) is 4.98 Å². The molecule has 2 atom stereocenters. The summed E-state index contributed by atoms with van der Waals surface area (Å²) in [6.07, 6.45) is 3.32. The van der Waals surface area contributed by atoms with Crippen molar-refractivity contribution in [2.24, 2.45) is 0 Å². The summed E-state index contributed by atoms with van der Waals surface area (Å²) in [6.45, 7) is 3.79. The Morgan fingerprint density at radius 1 is 1.69 bits per heavy atom. The number of nitrogens with zero attached hydrogens (tertiary/aromatic N) is 2. The van der Waals surface area contributed by atoms with Gasteiger partial charge in [0.1, 0.15) is 11.9 Å². The highest BCUT2D eigenvalue weighted by atomic mass is 32.2. The van der Waals surface area contributed by atoms with Crippen molar-refractivity contribution in [3.8, 4) is 6.07 Å². The molecule has 2 unspecified atom stereocenters. The van der Waals surface area contributed by atoms with Crippen LogP contribution in [-0.2, 0) is 10.8 Å². The van der Waals surface area contributed by atoms with E-state index in [0.29, 0.717) is 17.1 Å². The van der Waals surface area contributed by atoms with E-state index in [9.17, 15) is 4.21 Å². The van der Waals surface area contributed by atoms with Gasteiger partial charge in [0.25, 0.3) is 0 Å². The molecule has 0 bridgehead atoms. The highest BCUT2D eigenvalue weighted by Gasteiger charge is 2.10. The molecule has 0 amide bonds. The Morgan fingerprint density at radius 3 is 2.94 bits per heavy atom. The molecule has 1 rings (SSSR count). The molecule has 0 aliphatic rings. The first-order valence-corrected chi connectivity index (χ1v) is 6.69. The molecule has 16 heavy (non-hydrogen) atoms. The maximum Gasteiger partial charge on any atom is 0.144 e.